The number of nitrogens with zero attached hydrogens (tertiary/aromatic N) is 3. The minimum Gasteiger partial charge on any atom is -0.495 e. The Hall–Kier alpha value is -2.19. The molecule has 0 unspecified atom stereocenters. The molecule has 1 N–H and O–H groups in total. The van der Waals surface area contributed by atoms with Gasteiger partial charge in [0.25, 0.3) is 0 Å². The lowest BCUT2D eigenvalue weighted by molar-refractivity contribution is 0.402. The van der Waals surface area contributed by atoms with Gasteiger partial charge in [-0.05, 0) is 44.4 Å². The number of hydrogen-bond acceptors (Lipinski definition) is 6. The van der Waals surface area contributed by atoms with E-state index in [4.69, 9.17) is 4.74 Å². The molecule has 7 nitrogen and oxygen atoms in total. The number of nitrogens with one attached hydrogen (secondary N) is 1. The van der Waals surface area contributed by atoms with Gasteiger partial charge in [0.15, 0.2) is 0 Å². The van der Waals surface area contributed by atoms with Crippen LogP contribution >= 0.6 is 0 Å². The maximum Gasteiger partial charge on any atom is 0.244 e. The zero-order valence-electron chi connectivity index (χ0n) is 15.3. The van der Waals surface area contributed by atoms with Crippen LogP contribution < -0.4 is 14.4 Å². The van der Waals surface area contributed by atoms with Crippen LogP contribution in [0.3, 0.4) is 0 Å². The summed E-state index contributed by atoms with van der Waals surface area (Å²) in [7, 11) is -2.28. The Balaban J connectivity index is 1.81. The highest BCUT2D eigenvalue weighted by Gasteiger charge is 2.21. The maximum atomic E-state index is 12.7. The third kappa shape index (κ3) is 4.13. The van der Waals surface area contributed by atoms with Gasteiger partial charge in [0.2, 0.25) is 10.0 Å². The van der Waals surface area contributed by atoms with Crippen LogP contribution in [0.4, 0.5) is 5.82 Å². The van der Waals surface area contributed by atoms with E-state index in [-0.39, 0.29) is 11.4 Å². The normalized spacial score (nSPS) is 14.7. The first-order valence-electron chi connectivity index (χ1n) is 8.63. The largest absolute Gasteiger partial charge is 0.495 e. The summed E-state index contributed by atoms with van der Waals surface area (Å²) in [5.74, 6) is 1.63. The first-order chi connectivity index (χ1) is 12.4. The van der Waals surface area contributed by atoms with Crippen LogP contribution in [-0.2, 0) is 16.6 Å². The zero-order chi connectivity index (χ0) is 18.7. The SMILES string of the molecule is COc1ccc(C)cc1S(=O)(=O)NCc1nc(C)cc(N2CCCC2)n1. The Morgan fingerprint density at radius 2 is 1.88 bits per heavy atom. The minimum atomic E-state index is -3.74. The smallest absolute Gasteiger partial charge is 0.244 e. The number of rotatable bonds is 6. The number of hydrogen-bond donors (Lipinski definition) is 1. The van der Waals surface area contributed by atoms with Crippen molar-refractivity contribution in [2.24, 2.45) is 0 Å². The van der Waals surface area contributed by atoms with Crippen LogP contribution in [0.15, 0.2) is 29.2 Å². The van der Waals surface area contributed by atoms with Crippen molar-refractivity contribution < 1.29 is 13.2 Å². The van der Waals surface area contributed by atoms with Crippen LogP contribution in [0.5, 0.6) is 5.75 Å². The Morgan fingerprint density at radius 3 is 2.58 bits per heavy atom. The van der Waals surface area contributed by atoms with E-state index in [0.717, 1.165) is 43.0 Å². The van der Waals surface area contributed by atoms with Gasteiger partial charge in [-0.15, -0.1) is 0 Å². The van der Waals surface area contributed by atoms with E-state index in [1.807, 2.05) is 26.0 Å². The molecule has 1 fully saturated rings. The molecule has 1 aliphatic rings. The van der Waals surface area contributed by atoms with E-state index in [2.05, 4.69) is 19.6 Å². The summed E-state index contributed by atoms with van der Waals surface area (Å²) in [5.41, 5.74) is 1.67. The third-order valence-electron chi connectivity index (χ3n) is 4.35. The van der Waals surface area contributed by atoms with Gasteiger partial charge in [-0.1, -0.05) is 6.07 Å². The first-order valence-corrected chi connectivity index (χ1v) is 10.1. The molecule has 0 spiro atoms. The summed E-state index contributed by atoms with van der Waals surface area (Å²) >= 11 is 0. The summed E-state index contributed by atoms with van der Waals surface area (Å²) < 4.78 is 33.2. The molecular formula is C18H24N4O3S. The summed E-state index contributed by atoms with van der Waals surface area (Å²) in [6, 6.07) is 6.99. The molecule has 0 aliphatic carbocycles. The average Bonchev–Trinajstić information content (AvgIpc) is 3.14. The fraction of sp³-hybridized carbons (Fsp3) is 0.444. The molecule has 0 atom stereocenters. The summed E-state index contributed by atoms with van der Waals surface area (Å²) in [5, 5.41) is 0. The number of benzene rings is 1. The highest BCUT2D eigenvalue weighted by molar-refractivity contribution is 7.89. The Bertz CT molecular complexity index is 893. The van der Waals surface area contributed by atoms with Crippen molar-refractivity contribution in [3.63, 3.8) is 0 Å². The van der Waals surface area contributed by atoms with Crippen LogP contribution in [0.25, 0.3) is 0 Å². The van der Waals surface area contributed by atoms with Gasteiger partial charge in [0, 0.05) is 24.8 Å². The highest BCUT2D eigenvalue weighted by atomic mass is 32.2. The fourth-order valence-electron chi connectivity index (χ4n) is 3.03. The maximum absolute atomic E-state index is 12.7. The third-order valence-corrected chi connectivity index (χ3v) is 5.77. The molecule has 2 heterocycles. The second-order valence-electron chi connectivity index (χ2n) is 6.46. The predicted molar refractivity (Wildman–Crippen MR) is 100.0 cm³/mol. The molecule has 1 aromatic heterocycles. The molecule has 1 saturated heterocycles. The van der Waals surface area contributed by atoms with Crippen LogP contribution in [0.2, 0.25) is 0 Å². The minimum absolute atomic E-state index is 0.0297. The van der Waals surface area contributed by atoms with Gasteiger partial charge < -0.3 is 9.64 Å². The van der Waals surface area contributed by atoms with Crippen molar-refractivity contribution in [3.05, 3.63) is 41.3 Å². The van der Waals surface area contributed by atoms with Gasteiger partial charge in [0.1, 0.15) is 22.3 Å². The highest BCUT2D eigenvalue weighted by Crippen LogP contribution is 2.25. The van der Waals surface area contributed by atoms with Gasteiger partial charge in [-0.2, -0.15) is 0 Å². The monoisotopic (exact) mass is 376 g/mol. The summed E-state index contributed by atoms with van der Waals surface area (Å²) in [6.45, 7) is 5.71. The molecule has 0 radical (unpaired) electrons. The van der Waals surface area contributed by atoms with Crippen molar-refractivity contribution in [1.29, 1.82) is 0 Å². The van der Waals surface area contributed by atoms with Gasteiger partial charge in [-0.25, -0.2) is 23.1 Å². The Labute approximate surface area is 154 Å². The lowest BCUT2D eigenvalue weighted by Gasteiger charge is -2.17. The summed E-state index contributed by atoms with van der Waals surface area (Å²) in [6.07, 6.45) is 2.30. The topological polar surface area (TPSA) is 84.4 Å². The van der Waals surface area contributed by atoms with Crippen molar-refractivity contribution in [2.75, 3.05) is 25.1 Å². The predicted octanol–water partition coefficient (Wildman–Crippen LogP) is 2.18. The second-order valence-corrected chi connectivity index (χ2v) is 8.19. The number of sulfonamides is 1. The number of aromatic nitrogens is 2. The van der Waals surface area contributed by atoms with Gasteiger partial charge in [-0.3, -0.25) is 0 Å². The summed E-state index contributed by atoms with van der Waals surface area (Å²) in [4.78, 5) is 11.2. The zero-order valence-corrected chi connectivity index (χ0v) is 16.1. The first kappa shape index (κ1) is 18.6. The lowest BCUT2D eigenvalue weighted by atomic mass is 10.2. The molecule has 26 heavy (non-hydrogen) atoms. The van der Waals surface area contributed by atoms with Crippen molar-refractivity contribution >= 4 is 15.8 Å². The van der Waals surface area contributed by atoms with Crippen LogP contribution in [-0.4, -0.2) is 38.6 Å². The Morgan fingerprint density at radius 1 is 1.15 bits per heavy atom. The standard InChI is InChI=1S/C18H24N4O3S/c1-13-6-7-15(25-3)16(10-13)26(23,24)19-12-17-20-14(2)11-18(21-17)22-8-4-5-9-22/h6-7,10-11,19H,4-5,8-9,12H2,1-3H3. The average molecular weight is 376 g/mol. The molecule has 3 rings (SSSR count). The molecule has 1 aliphatic heterocycles. The van der Waals surface area contributed by atoms with E-state index in [9.17, 15) is 8.42 Å². The molecule has 0 bridgehead atoms. The molecule has 8 heteroatoms. The van der Waals surface area contributed by atoms with Gasteiger partial charge in [0.05, 0.1) is 13.7 Å². The molecule has 1 aromatic carbocycles. The second kappa shape index (κ2) is 7.59. The number of anilines is 1. The van der Waals surface area contributed by atoms with Crippen LogP contribution in [0, 0.1) is 13.8 Å². The molecule has 0 amide bonds. The van der Waals surface area contributed by atoms with E-state index < -0.39 is 10.0 Å². The number of ether oxygens (including phenoxy) is 1. The number of aryl methyl sites for hydroxylation is 2. The lowest BCUT2D eigenvalue weighted by Crippen LogP contribution is -2.26. The van der Waals surface area contributed by atoms with Crippen molar-refractivity contribution in [3.8, 4) is 5.75 Å². The van der Waals surface area contributed by atoms with Gasteiger partial charge >= 0.3 is 0 Å². The van der Waals surface area contributed by atoms with E-state index >= 15 is 0 Å². The molecular weight excluding hydrogens is 352 g/mol. The number of methoxy groups -OCH3 is 1. The molecule has 2 aromatic rings. The molecule has 140 valence electrons. The fourth-order valence-corrected chi connectivity index (χ4v) is 4.26. The quantitative estimate of drug-likeness (QED) is 0.832. The van der Waals surface area contributed by atoms with Crippen molar-refractivity contribution in [2.45, 2.75) is 38.1 Å². The van der Waals surface area contributed by atoms with E-state index in [1.54, 1.807) is 12.1 Å². The Kier molecular flexibility index (Phi) is 5.43. The molecule has 0 saturated carbocycles. The van der Waals surface area contributed by atoms with Crippen LogP contribution in [0.1, 0.15) is 29.9 Å². The van der Waals surface area contributed by atoms with E-state index in [1.165, 1.54) is 7.11 Å². The van der Waals surface area contributed by atoms with Crippen molar-refractivity contribution in [1.82, 2.24) is 14.7 Å². The van der Waals surface area contributed by atoms with E-state index in [0.29, 0.717) is 11.6 Å².